The Hall–Kier alpha value is -2.29. The lowest BCUT2D eigenvalue weighted by Gasteiger charge is -2.33. The second-order valence-electron chi connectivity index (χ2n) is 8.11. The van der Waals surface area contributed by atoms with E-state index in [1.165, 1.54) is 23.1 Å². The summed E-state index contributed by atoms with van der Waals surface area (Å²) in [4.78, 5) is 28.1. The fourth-order valence-electron chi connectivity index (χ4n) is 3.42. The molecule has 1 N–H and O–H groups in total. The third-order valence-electron chi connectivity index (χ3n) is 5.44. The largest absolute Gasteiger partial charge is 0.352 e. The van der Waals surface area contributed by atoms with Gasteiger partial charge in [0.1, 0.15) is 12.6 Å². The molecule has 2 amide bonds. The van der Waals surface area contributed by atoms with E-state index in [-0.39, 0.29) is 29.2 Å². The summed E-state index contributed by atoms with van der Waals surface area (Å²) >= 11 is 12.2. The number of benzene rings is 2. The highest BCUT2D eigenvalue weighted by atomic mass is 35.5. The molecule has 0 unspecified atom stereocenters. The molecule has 34 heavy (non-hydrogen) atoms. The van der Waals surface area contributed by atoms with Gasteiger partial charge in [0.2, 0.25) is 21.8 Å². The first-order valence-corrected chi connectivity index (χ1v) is 13.6. The third kappa shape index (κ3) is 7.61. The van der Waals surface area contributed by atoms with Crippen molar-refractivity contribution in [1.82, 2.24) is 10.2 Å². The van der Waals surface area contributed by atoms with Crippen molar-refractivity contribution in [2.45, 2.75) is 52.2 Å². The molecule has 0 saturated carbocycles. The van der Waals surface area contributed by atoms with Crippen molar-refractivity contribution < 1.29 is 18.0 Å². The first kappa shape index (κ1) is 28.0. The van der Waals surface area contributed by atoms with Crippen molar-refractivity contribution in [3.8, 4) is 0 Å². The van der Waals surface area contributed by atoms with Gasteiger partial charge in [-0.15, -0.1) is 0 Å². The summed E-state index contributed by atoms with van der Waals surface area (Å²) in [5, 5.41) is 3.37. The SMILES string of the molecule is CC[C@@H](C)NC(=O)[C@H](CC)N(Cc1ccccc1)C(=O)CN(c1ccc(Cl)cc1Cl)S(C)(=O)=O. The van der Waals surface area contributed by atoms with Gasteiger partial charge in [0.15, 0.2) is 0 Å². The Kier molecular flexibility index (Phi) is 10.2. The van der Waals surface area contributed by atoms with Crippen LogP contribution in [-0.2, 0) is 26.2 Å². The van der Waals surface area contributed by atoms with Gasteiger partial charge in [0.05, 0.1) is 17.0 Å². The molecular weight excluding hydrogens is 497 g/mol. The molecule has 7 nitrogen and oxygen atoms in total. The average molecular weight is 529 g/mol. The van der Waals surface area contributed by atoms with Gasteiger partial charge < -0.3 is 10.2 Å². The molecule has 0 aliphatic rings. The number of halogens is 2. The maximum atomic E-state index is 13.6. The minimum absolute atomic E-state index is 0.0596. The lowest BCUT2D eigenvalue weighted by Crippen LogP contribution is -2.53. The van der Waals surface area contributed by atoms with E-state index in [2.05, 4.69) is 5.32 Å². The number of hydrogen-bond donors (Lipinski definition) is 1. The number of anilines is 1. The normalized spacial score (nSPS) is 13.1. The number of nitrogens with one attached hydrogen (secondary N) is 1. The van der Waals surface area contributed by atoms with Gasteiger partial charge in [-0.1, -0.05) is 67.4 Å². The Labute approximate surface area is 212 Å². The lowest BCUT2D eigenvalue weighted by molar-refractivity contribution is -0.140. The topological polar surface area (TPSA) is 86.8 Å². The summed E-state index contributed by atoms with van der Waals surface area (Å²) in [6.07, 6.45) is 2.10. The predicted molar refractivity (Wildman–Crippen MR) is 138 cm³/mol. The summed E-state index contributed by atoms with van der Waals surface area (Å²) in [5.74, 6) is -0.803. The second kappa shape index (κ2) is 12.4. The smallest absolute Gasteiger partial charge is 0.244 e. The quantitative estimate of drug-likeness (QED) is 0.466. The number of amides is 2. The van der Waals surface area contributed by atoms with Crippen LogP contribution in [0.4, 0.5) is 5.69 Å². The maximum absolute atomic E-state index is 13.6. The number of rotatable bonds is 11. The van der Waals surface area contributed by atoms with Gasteiger partial charge in [-0.25, -0.2) is 8.42 Å². The van der Waals surface area contributed by atoms with E-state index in [1.54, 1.807) is 0 Å². The number of hydrogen-bond acceptors (Lipinski definition) is 4. The number of nitrogens with zero attached hydrogens (tertiary/aromatic N) is 2. The zero-order chi connectivity index (χ0) is 25.5. The van der Waals surface area contributed by atoms with Crippen molar-refractivity contribution in [1.29, 1.82) is 0 Å². The molecule has 0 saturated heterocycles. The Bertz CT molecular complexity index is 1100. The maximum Gasteiger partial charge on any atom is 0.244 e. The van der Waals surface area contributed by atoms with Crippen molar-refractivity contribution >= 4 is 50.7 Å². The van der Waals surface area contributed by atoms with Gasteiger partial charge in [-0.2, -0.15) is 0 Å². The van der Waals surface area contributed by atoms with Gasteiger partial charge in [0.25, 0.3) is 0 Å². The predicted octanol–water partition coefficient (Wildman–Crippen LogP) is 4.48. The number of carbonyl (C=O) groups is 2. The highest BCUT2D eigenvalue weighted by Crippen LogP contribution is 2.30. The zero-order valence-electron chi connectivity index (χ0n) is 19.8. The number of carbonyl (C=O) groups excluding carboxylic acids is 2. The molecule has 10 heteroatoms. The number of sulfonamides is 1. The van der Waals surface area contributed by atoms with Gasteiger partial charge in [-0.05, 0) is 43.5 Å². The molecule has 0 bridgehead atoms. The van der Waals surface area contributed by atoms with Crippen LogP contribution in [-0.4, -0.2) is 50.0 Å². The van der Waals surface area contributed by atoms with Crippen molar-refractivity contribution in [2.75, 3.05) is 17.1 Å². The average Bonchev–Trinajstić information content (AvgIpc) is 2.77. The summed E-state index contributed by atoms with van der Waals surface area (Å²) < 4.78 is 26.2. The molecule has 2 aromatic rings. The van der Waals surface area contributed by atoms with Crippen LogP contribution in [0.3, 0.4) is 0 Å². The second-order valence-corrected chi connectivity index (χ2v) is 10.9. The first-order valence-electron chi connectivity index (χ1n) is 11.0. The fourth-order valence-corrected chi connectivity index (χ4v) is 4.84. The first-order chi connectivity index (χ1) is 16.0. The van der Waals surface area contributed by atoms with E-state index in [0.717, 1.165) is 22.5 Å². The molecule has 2 aromatic carbocycles. The lowest BCUT2D eigenvalue weighted by atomic mass is 10.1. The highest BCUT2D eigenvalue weighted by molar-refractivity contribution is 7.92. The highest BCUT2D eigenvalue weighted by Gasteiger charge is 2.32. The fraction of sp³-hybridized carbons (Fsp3) is 0.417. The van der Waals surface area contributed by atoms with E-state index in [1.807, 2.05) is 51.1 Å². The van der Waals surface area contributed by atoms with Crippen LogP contribution >= 0.6 is 23.2 Å². The summed E-state index contributed by atoms with van der Waals surface area (Å²) in [7, 11) is -3.87. The van der Waals surface area contributed by atoms with E-state index in [9.17, 15) is 18.0 Å². The molecule has 186 valence electrons. The van der Waals surface area contributed by atoms with Crippen molar-refractivity contribution in [3.05, 3.63) is 64.1 Å². The Balaban J connectivity index is 2.44. The molecular formula is C24H31Cl2N3O4S. The van der Waals surface area contributed by atoms with Crippen LogP contribution in [0.2, 0.25) is 10.0 Å². The Morgan fingerprint density at radius 2 is 1.68 bits per heavy atom. The van der Waals surface area contributed by atoms with Gasteiger partial charge in [-0.3, -0.25) is 13.9 Å². The van der Waals surface area contributed by atoms with E-state index < -0.39 is 28.5 Å². The van der Waals surface area contributed by atoms with Crippen LogP contribution in [0.5, 0.6) is 0 Å². The van der Waals surface area contributed by atoms with Crippen molar-refractivity contribution in [3.63, 3.8) is 0 Å². The van der Waals surface area contributed by atoms with E-state index in [0.29, 0.717) is 11.4 Å². The minimum Gasteiger partial charge on any atom is -0.352 e. The third-order valence-corrected chi connectivity index (χ3v) is 7.10. The van der Waals surface area contributed by atoms with Crippen LogP contribution in [0.25, 0.3) is 0 Å². The summed E-state index contributed by atoms with van der Waals surface area (Å²) in [6, 6.07) is 12.8. The molecule has 2 rings (SSSR count). The molecule has 0 aliphatic heterocycles. The molecule has 0 fully saturated rings. The zero-order valence-corrected chi connectivity index (χ0v) is 22.1. The van der Waals surface area contributed by atoms with E-state index >= 15 is 0 Å². The Morgan fingerprint density at radius 1 is 1.03 bits per heavy atom. The molecule has 0 heterocycles. The molecule has 0 aliphatic carbocycles. The van der Waals surface area contributed by atoms with E-state index in [4.69, 9.17) is 23.2 Å². The van der Waals surface area contributed by atoms with Crippen molar-refractivity contribution in [2.24, 2.45) is 0 Å². The standard InChI is InChI=1S/C24H31Cl2N3O4S/c1-5-17(3)27-24(31)21(6-2)28(15-18-10-8-7-9-11-18)23(30)16-29(34(4,32)33)22-13-12-19(25)14-20(22)26/h7-14,17,21H,5-6,15-16H2,1-4H3,(H,27,31)/t17-,21+/m1/s1. The summed E-state index contributed by atoms with van der Waals surface area (Å²) in [5.41, 5.74) is 0.958. The van der Waals surface area contributed by atoms with Gasteiger partial charge >= 0.3 is 0 Å². The van der Waals surface area contributed by atoms with Crippen LogP contribution < -0.4 is 9.62 Å². The minimum atomic E-state index is -3.87. The molecule has 0 spiro atoms. The van der Waals surface area contributed by atoms with Gasteiger partial charge in [0, 0.05) is 17.6 Å². The molecule has 0 aromatic heterocycles. The molecule has 2 atom stereocenters. The van der Waals surface area contributed by atoms with Crippen LogP contribution in [0.1, 0.15) is 39.2 Å². The summed E-state index contributed by atoms with van der Waals surface area (Å²) in [6.45, 7) is 5.30. The van der Waals surface area contributed by atoms with Crippen LogP contribution in [0.15, 0.2) is 48.5 Å². The monoisotopic (exact) mass is 527 g/mol. The molecule has 0 radical (unpaired) electrons. The van der Waals surface area contributed by atoms with Crippen LogP contribution in [0, 0.1) is 0 Å². The Morgan fingerprint density at radius 3 is 2.21 bits per heavy atom.